The summed E-state index contributed by atoms with van der Waals surface area (Å²) in [6, 6.07) is 16.3. The number of aromatic nitrogens is 2. The lowest BCUT2D eigenvalue weighted by atomic mass is 9.81. The second-order valence-corrected chi connectivity index (χ2v) is 6.73. The number of nitrogens with zero attached hydrogens (tertiary/aromatic N) is 3. The molecule has 5 nitrogen and oxygen atoms in total. The zero-order valence-electron chi connectivity index (χ0n) is 13.3. The highest BCUT2D eigenvalue weighted by Gasteiger charge is 2.50. The van der Waals surface area contributed by atoms with E-state index in [0.29, 0.717) is 0 Å². The van der Waals surface area contributed by atoms with Crippen molar-refractivity contribution >= 4 is 17.1 Å². The maximum atomic E-state index is 12.7. The minimum absolute atomic E-state index is 0.142. The average molecular weight is 318 g/mol. The van der Waals surface area contributed by atoms with Crippen LogP contribution in [-0.2, 0) is 16.8 Å². The van der Waals surface area contributed by atoms with Gasteiger partial charge in [0, 0.05) is 31.5 Å². The number of carbonyl (C=O) groups excluding carboxylic acids is 1. The Kier molecular flexibility index (Phi) is 2.82. The van der Waals surface area contributed by atoms with Gasteiger partial charge in [-0.3, -0.25) is 9.69 Å². The second-order valence-electron chi connectivity index (χ2n) is 6.73. The van der Waals surface area contributed by atoms with Crippen LogP contribution in [0.5, 0.6) is 0 Å². The molecule has 1 amide bonds. The monoisotopic (exact) mass is 318 g/mol. The molecule has 0 aliphatic carbocycles. The first-order valence-corrected chi connectivity index (χ1v) is 8.31. The molecular formula is C19H18N4O. The van der Waals surface area contributed by atoms with E-state index in [9.17, 15) is 4.79 Å². The number of anilines is 1. The molecule has 1 fully saturated rings. The van der Waals surface area contributed by atoms with Gasteiger partial charge in [0.2, 0.25) is 5.91 Å². The zero-order chi connectivity index (χ0) is 16.1. The average Bonchev–Trinajstić information content (AvgIpc) is 3.29. The number of benzene rings is 1. The molecule has 24 heavy (non-hydrogen) atoms. The number of amides is 1. The van der Waals surface area contributed by atoms with Crippen molar-refractivity contribution in [2.75, 3.05) is 18.4 Å². The standard InChI is InChI=1S/C19H18N4O/c24-18-19(16-6-1-2-7-17(16)21-18)9-11-22(13-19)12-15-5-3-4-14-8-10-20-23(14)15/h1-8,10H,9,11-13H2,(H,21,24). The van der Waals surface area contributed by atoms with E-state index < -0.39 is 5.41 Å². The van der Waals surface area contributed by atoms with Crippen LogP contribution in [0, 0.1) is 0 Å². The molecule has 0 bridgehead atoms. The molecule has 0 saturated carbocycles. The summed E-state index contributed by atoms with van der Waals surface area (Å²) in [6.45, 7) is 2.48. The van der Waals surface area contributed by atoms with Crippen molar-refractivity contribution in [1.29, 1.82) is 0 Å². The maximum Gasteiger partial charge on any atom is 0.236 e. The van der Waals surface area contributed by atoms with E-state index in [1.165, 1.54) is 0 Å². The third kappa shape index (κ3) is 1.85. The van der Waals surface area contributed by atoms with Crippen LogP contribution in [0.2, 0.25) is 0 Å². The molecule has 1 spiro atoms. The number of likely N-dealkylation sites (tertiary alicyclic amines) is 1. The summed E-state index contributed by atoms with van der Waals surface area (Å²) < 4.78 is 1.98. The van der Waals surface area contributed by atoms with E-state index in [4.69, 9.17) is 0 Å². The fraction of sp³-hybridized carbons (Fsp3) is 0.263. The van der Waals surface area contributed by atoms with Crippen LogP contribution >= 0.6 is 0 Å². The summed E-state index contributed by atoms with van der Waals surface area (Å²) in [5.74, 6) is 0.142. The van der Waals surface area contributed by atoms with Crippen molar-refractivity contribution in [2.45, 2.75) is 18.4 Å². The molecule has 2 aliphatic heterocycles. The van der Waals surface area contributed by atoms with Gasteiger partial charge in [0.15, 0.2) is 0 Å². The number of para-hydroxylation sites is 1. The van der Waals surface area contributed by atoms with E-state index in [-0.39, 0.29) is 5.91 Å². The van der Waals surface area contributed by atoms with E-state index >= 15 is 0 Å². The molecule has 2 aromatic heterocycles. The molecule has 4 heterocycles. The minimum Gasteiger partial charge on any atom is -0.325 e. The van der Waals surface area contributed by atoms with E-state index in [1.54, 1.807) is 0 Å². The highest BCUT2D eigenvalue weighted by Crippen LogP contribution is 2.44. The summed E-state index contributed by atoms with van der Waals surface area (Å²) in [6.07, 6.45) is 2.69. The van der Waals surface area contributed by atoms with Gasteiger partial charge in [0.1, 0.15) is 0 Å². The summed E-state index contributed by atoms with van der Waals surface area (Å²) in [5, 5.41) is 7.47. The Morgan fingerprint density at radius 1 is 1.12 bits per heavy atom. The van der Waals surface area contributed by atoms with Gasteiger partial charge in [-0.2, -0.15) is 5.10 Å². The molecule has 1 unspecified atom stereocenters. The fourth-order valence-corrected chi connectivity index (χ4v) is 4.16. The molecule has 3 aromatic rings. The van der Waals surface area contributed by atoms with Crippen molar-refractivity contribution in [2.24, 2.45) is 0 Å². The van der Waals surface area contributed by atoms with Crippen LogP contribution in [0.1, 0.15) is 17.7 Å². The van der Waals surface area contributed by atoms with Gasteiger partial charge >= 0.3 is 0 Å². The number of fused-ring (bicyclic) bond motifs is 3. The minimum atomic E-state index is -0.394. The van der Waals surface area contributed by atoms with Crippen molar-refractivity contribution in [1.82, 2.24) is 14.5 Å². The Bertz CT molecular complexity index is 947. The normalized spacial score (nSPS) is 23.1. The fourth-order valence-electron chi connectivity index (χ4n) is 4.16. The van der Waals surface area contributed by atoms with Crippen LogP contribution in [0.3, 0.4) is 0 Å². The summed E-state index contributed by atoms with van der Waals surface area (Å²) >= 11 is 0. The van der Waals surface area contributed by atoms with Gasteiger partial charge < -0.3 is 5.32 Å². The topological polar surface area (TPSA) is 49.6 Å². The van der Waals surface area contributed by atoms with Gasteiger partial charge in [-0.1, -0.05) is 24.3 Å². The van der Waals surface area contributed by atoms with Gasteiger partial charge in [0.25, 0.3) is 0 Å². The predicted molar refractivity (Wildman–Crippen MR) is 91.8 cm³/mol. The maximum absolute atomic E-state index is 12.7. The summed E-state index contributed by atoms with van der Waals surface area (Å²) in [5.41, 5.74) is 3.98. The molecule has 5 rings (SSSR count). The van der Waals surface area contributed by atoms with Crippen LogP contribution in [0.25, 0.3) is 5.52 Å². The molecule has 0 radical (unpaired) electrons. The second kappa shape index (κ2) is 4.92. The van der Waals surface area contributed by atoms with Crippen LogP contribution in [0.15, 0.2) is 54.7 Å². The molecule has 1 atom stereocenters. The van der Waals surface area contributed by atoms with Crippen molar-refractivity contribution in [3.63, 3.8) is 0 Å². The molecule has 120 valence electrons. The van der Waals surface area contributed by atoms with Crippen molar-refractivity contribution in [3.05, 3.63) is 66.0 Å². The number of hydrogen-bond donors (Lipinski definition) is 1. The van der Waals surface area contributed by atoms with Gasteiger partial charge in [-0.15, -0.1) is 0 Å². The Balaban J connectivity index is 1.45. The Morgan fingerprint density at radius 3 is 3.00 bits per heavy atom. The molecule has 5 heteroatoms. The smallest absolute Gasteiger partial charge is 0.236 e. The zero-order valence-corrected chi connectivity index (χ0v) is 13.3. The number of hydrogen-bond acceptors (Lipinski definition) is 3. The van der Waals surface area contributed by atoms with Crippen molar-refractivity contribution < 1.29 is 4.79 Å². The summed E-state index contributed by atoms with van der Waals surface area (Å²) in [7, 11) is 0. The number of nitrogens with one attached hydrogen (secondary N) is 1. The lowest BCUT2D eigenvalue weighted by Gasteiger charge is -2.22. The molecule has 1 N–H and O–H groups in total. The highest BCUT2D eigenvalue weighted by atomic mass is 16.2. The van der Waals surface area contributed by atoms with Crippen LogP contribution in [-0.4, -0.2) is 33.5 Å². The molecule has 1 saturated heterocycles. The highest BCUT2D eigenvalue weighted by molar-refractivity contribution is 6.06. The SMILES string of the molecule is O=C1Nc2ccccc2C12CCN(Cc1cccc3ccnn13)C2. The first kappa shape index (κ1) is 13.7. The lowest BCUT2D eigenvalue weighted by molar-refractivity contribution is -0.120. The number of rotatable bonds is 2. The molecular weight excluding hydrogens is 300 g/mol. The van der Waals surface area contributed by atoms with E-state index in [1.807, 2.05) is 35.0 Å². The Hall–Kier alpha value is -2.66. The predicted octanol–water partition coefficient (Wildman–Crippen LogP) is 2.43. The lowest BCUT2D eigenvalue weighted by Crippen LogP contribution is -2.37. The van der Waals surface area contributed by atoms with Gasteiger partial charge in [-0.25, -0.2) is 4.52 Å². The third-order valence-corrected chi connectivity index (χ3v) is 5.36. The largest absolute Gasteiger partial charge is 0.325 e. The first-order valence-electron chi connectivity index (χ1n) is 8.31. The van der Waals surface area contributed by atoms with Crippen LogP contribution in [0.4, 0.5) is 5.69 Å². The van der Waals surface area contributed by atoms with E-state index in [2.05, 4.69) is 39.6 Å². The Labute approximate surface area is 139 Å². The van der Waals surface area contributed by atoms with Gasteiger partial charge in [-0.05, 0) is 36.2 Å². The van der Waals surface area contributed by atoms with Crippen LogP contribution < -0.4 is 5.32 Å². The van der Waals surface area contributed by atoms with Gasteiger partial charge in [0.05, 0.1) is 16.6 Å². The van der Waals surface area contributed by atoms with Crippen molar-refractivity contribution in [3.8, 4) is 0 Å². The molecule has 2 aliphatic rings. The number of pyridine rings is 1. The summed E-state index contributed by atoms with van der Waals surface area (Å²) in [4.78, 5) is 15.0. The third-order valence-electron chi connectivity index (χ3n) is 5.36. The van der Waals surface area contributed by atoms with E-state index in [0.717, 1.165) is 48.5 Å². The quantitative estimate of drug-likeness (QED) is 0.789. The first-order chi connectivity index (χ1) is 11.8. The Morgan fingerprint density at radius 2 is 2.04 bits per heavy atom. The molecule has 1 aromatic carbocycles. The number of carbonyl (C=O) groups is 1.